The Morgan fingerprint density at radius 1 is 1.63 bits per heavy atom. The maximum absolute atomic E-state index is 11.0. The zero-order valence-corrected chi connectivity index (χ0v) is 12.1. The molecule has 1 heterocycles. The molecule has 0 fully saturated rings. The van der Waals surface area contributed by atoms with Crippen molar-refractivity contribution in [3.05, 3.63) is 44.2 Å². The highest BCUT2D eigenvalue weighted by Crippen LogP contribution is 2.16. The fraction of sp³-hybridized carbons (Fsp3) is 0.222. The number of hydrogen-bond acceptors (Lipinski definition) is 6. The van der Waals surface area contributed by atoms with Gasteiger partial charge in [-0.2, -0.15) is 8.42 Å². The average molecular weight is 352 g/mol. The van der Waals surface area contributed by atoms with Crippen LogP contribution in [0.1, 0.15) is 0 Å². The van der Waals surface area contributed by atoms with Gasteiger partial charge in [0.05, 0.1) is 23.4 Å². The summed E-state index contributed by atoms with van der Waals surface area (Å²) < 4.78 is 31.6. The van der Waals surface area contributed by atoms with Gasteiger partial charge in [-0.05, 0) is 28.1 Å². The fourth-order valence-electron chi connectivity index (χ4n) is 1.23. The van der Waals surface area contributed by atoms with Crippen molar-refractivity contribution in [3.63, 3.8) is 0 Å². The van der Waals surface area contributed by atoms with E-state index in [4.69, 9.17) is 4.55 Å². The Morgan fingerprint density at radius 3 is 2.68 bits per heavy atom. The number of halogens is 1. The fourth-order valence-corrected chi connectivity index (χ4v) is 2.04. The lowest BCUT2D eigenvalue weighted by Gasteiger charge is -2.18. The summed E-state index contributed by atoms with van der Waals surface area (Å²) in [5, 5.41) is 10.3. The maximum Gasteiger partial charge on any atom is 0.298 e. The molecule has 10 heteroatoms. The molecule has 0 saturated carbocycles. The van der Waals surface area contributed by atoms with Crippen molar-refractivity contribution in [1.29, 1.82) is 0 Å². The molecular weight excluding hydrogens is 342 g/mol. The quantitative estimate of drug-likeness (QED) is 0.367. The number of anilines is 1. The molecule has 0 unspecified atom stereocenters. The minimum atomic E-state index is -4.62. The predicted octanol–water partition coefficient (Wildman–Crippen LogP) is 1.29. The Kier molecular flexibility index (Phi) is 4.97. The molecule has 8 nitrogen and oxygen atoms in total. The van der Waals surface area contributed by atoms with Crippen molar-refractivity contribution >= 4 is 31.7 Å². The first kappa shape index (κ1) is 15.5. The van der Waals surface area contributed by atoms with Crippen molar-refractivity contribution in [1.82, 2.24) is 4.98 Å². The molecule has 0 aliphatic rings. The molecule has 0 atom stereocenters. The van der Waals surface area contributed by atoms with Crippen LogP contribution < -0.4 is 4.90 Å². The van der Waals surface area contributed by atoms with Crippen LogP contribution in [0.25, 0.3) is 0 Å². The van der Waals surface area contributed by atoms with E-state index in [-0.39, 0.29) is 12.7 Å². The minimum Gasteiger partial charge on any atom is -0.368 e. The van der Waals surface area contributed by atoms with Crippen LogP contribution in [0.2, 0.25) is 0 Å². The van der Waals surface area contributed by atoms with Gasteiger partial charge >= 0.3 is 0 Å². The molecule has 0 bridgehead atoms. The maximum atomic E-state index is 11.0. The molecule has 0 aliphatic carbocycles. The van der Waals surface area contributed by atoms with E-state index >= 15 is 0 Å². The highest BCUT2D eigenvalue weighted by molar-refractivity contribution is 9.10. The van der Waals surface area contributed by atoms with E-state index in [1.165, 1.54) is 18.1 Å². The first-order valence-corrected chi connectivity index (χ1v) is 7.08. The summed E-state index contributed by atoms with van der Waals surface area (Å²) in [6.45, 7) is -0.344. The molecule has 1 N–H and O–H groups in total. The summed E-state index contributed by atoms with van der Waals surface area (Å²) in [5.74, 6) is 0. The summed E-state index contributed by atoms with van der Waals surface area (Å²) in [7, 11) is -3.11. The van der Waals surface area contributed by atoms with Crippen LogP contribution in [-0.2, 0) is 10.1 Å². The summed E-state index contributed by atoms with van der Waals surface area (Å²) >= 11 is 3.14. The van der Waals surface area contributed by atoms with E-state index < -0.39 is 19.9 Å². The number of nitro groups is 1. The molecule has 1 rings (SSSR count). The van der Waals surface area contributed by atoms with Crippen LogP contribution in [0, 0.1) is 10.1 Å². The van der Waals surface area contributed by atoms with Gasteiger partial charge in [-0.3, -0.25) is 14.7 Å². The van der Waals surface area contributed by atoms with Gasteiger partial charge in [-0.1, -0.05) is 0 Å². The van der Waals surface area contributed by atoms with E-state index in [0.717, 1.165) is 0 Å². The van der Waals surface area contributed by atoms with E-state index in [2.05, 4.69) is 20.9 Å². The van der Waals surface area contributed by atoms with E-state index in [1.54, 1.807) is 12.1 Å². The Labute approximate surface area is 117 Å². The lowest BCUT2D eigenvalue weighted by Crippen LogP contribution is -2.24. The highest BCUT2D eigenvalue weighted by atomic mass is 79.9. The van der Waals surface area contributed by atoms with Gasteiger partial charge in [0.25, 0.3) is 16.3 Å². The number of hydrogen-bond donors (Lipinski definition) is 1. The van der Waals surface area contributed by atoms with Crippen LogP contribution in [0.3, 0.4) is 0 Å². The van der Waals surface area contributed by atoms with Gasteiger partial charge in [0.1, 0.15) is 4.60 Å². The second-order valence-corrected chi connectivity index (χ2v) is 5.84. The van der Waals surface area contributed by atoms with E-state index in [9.17, 15) is 18.5 Å². The average Bonchev–Trinajstić information content (AvgIpc) is 2.27. The van der Waals surface area contributed by atoms with Gasteiger partial charge < -0.3 is 4.90 Å². The second kappa shape index (κ2) is 6.08. The Bertz CT molecular complexity index is 599. The first-order valence-electron chi connectivity index (χ1n) is 4.84. The van der Waals surface area contributed by atoms with E-state index in [1.807, 2.05) is 0 Å². The predicted molar refractivity (Wildman–Crippen MR) is 71.8 cm³/mol. The lowest BCUT2D eigenvalue weighted by molar-refractivity contribution is -0.403. The van der Waals surface area contributed by atoms with Crippen LogP contribution in [-0.4, -0.2) is 36.5 Å². The monoisotopic (exact) mass is 351 g/mol. The summed E-state index contributed by atoms with van der Waals surface area (Å²) in [5.41, 5.74) is 0.543. The molecule has 0 radical (unpaired) electrons. The van der Waals surface area contributed by atoms with Gasteiger partial charge in [-0.15, -0.1) is 0 Å². The molecule has 0 saturated heterocycles. The SMILES string of the molecule is CN(CC(=C[N+](=O)[O-])S(=O)(=O)O)c1ccc(Br)nc1. The van der Waals surface area contributed by atoms with Crippen molar-refractivity contribution in [2.75, 3.05) is 18.5 Å². The normalized spacial score (nSPS) is 12.3. The summed E-state index contributed by atoms with van der Waals surface area (Å²) in [6, 6.07) is 3.28. The van der Waals surface area contributed by atoms with Gasteiger partial charge in [0.15, 0.2) is 4.91 Å². The number of likely N-dealkylation sites (N-methyl/N-ethyl adjacent to an activating group) is 1. The van der Waals surface area contributed by atoms with Crippen molar-refractivity contribution in [3.8, 4) is 0 Å². The highest BCUT2D eigenvalue weighted by Gasteiger charge is 2.20. The second-order valence-electron chi connectivity index (χ2n) is 3.55. The topological polar surface area (TPSA) is 114 Å². The van der Waals surface area contributed by atoms with Gasteiger partial charge in [0.2, 0.25) is 0 Å². The number of pyridine rings is 1. The van der Waals surface area contributed by atoms with Crippen LogP contribution >= 0.6 is 15.9 Å². The molecular formula is C9H10BrN3O5S. The third-order valence-corrected chi connectivity index (χ3v) is 3.49. The Hall–Kier alpha value is -1.52. The third kappa shape index (κ3) is 4.93. The van der Waals surface area contributed by atoms with Gasteiger partial charge in [-0.25, -0.2) is 4.98 Å². The van der Waals surface area contributed by atoms with Crippen molar-refractivity contribution < 1.29 is 17.9 Å². The first-order chi connectivity index (χ1) is 8.70. The number of aromatic nitrogens is 1. The Balaban J connectivity index is 2.98. The smallest absolute Gasteiger partial charge is 0.298 e. The van der Waals surface area contributed by atoms with E-state index in [0.29, 0.717) is 10.3 Å². The van der Waals surface area contributed by atoms with Crippen LogP contribution in [0.15, 0.2) is 34.0 Å². The molecule has 0 aromatic carbocycles. The molecule has 0 spiro atoms. The third-order valence-electron chi connectivity index (χ3n) is 2.13. The molecule has 1 aromatic rings. The van der Waals surface area contributed by atoms with Crippen LogP contribution in [0.5, 0.6) is 0 Å². The van der Waals surface area contributed by atoms with Gasteiger partial charge in [0, 0.05) is 7.05 Å². The minimum absolute atomic E-state index is 0.262. The zero-order valence-electron chi connectivity index (χ0n) is 9.72. The zero-order chi connectivity index (χ0) is 14.6. The molecule has 0 amide bonds. The standard InChI is InChI=1S/C9H10BrN3O5S/c1-12(7-2-3-9(10)11-4-7)5-8(6-13(14)15)19(16,17)18/h2-4,6H,5H2,1H3,(H,16,17,18). The molecule has 0 aliphatic heterocycles. The molecule has 104 valence electrons. The lowest BCUT2D eigenvalue weighted by atomic mass is 10.4. The number of nitrogens with zero attached hydrogens (tertiary/aromatic N) is 3. The summed E-state index contributed by atoms with van der Waals surface area (Å²) in [6.07, 6.45) is 1.72. The number of rotatable bonds is 5. The molecule has 1 aromatic heterocycles. The Morgan fingerprint density at radius 2 is 2.26 bits per heavy atom. The van der Waals surface area contributed by atoms with Crippen LogP contribution in [0.4, 0.5) is 5.69 Å². The van der Waals surface area contributed by atoms with Crippen molar-refractivity contribution in [2.24, 2.45) is 0 Å². The molecule has 19 heavy (non-hydrogen) atoms. The van der Waals surface area contributed by atoms with Crippen molar-refractivity contribution in [2.45, 2.75) is 0 Å². The largest absolute Gasteiger partial charge is 0.368 e. The summed E-state index contributed by atoms with van der Waals surface area (Å²) in [4.78, 5) is 14.0.